The molecule has 0 saturated carbocycles. The lowest BCUT2D eigenvalue weighted by Gasteiger charge is -2.23. The highest BCUT2D eigenvalue weighted by atomic mass is 16.7. The highest BCUT2D eigenvalue weighted by Gasteiger charge is 2.51. The highest BCUT2D eigenvalue weighted by molar-refractivity contribution is 5.72. The molecule has 0 radical (unpaired) electrons. The van der Waals surface area contributed by atoms with Crippen LogP contribution in [-0.4, -0.2) is 68.0 Å². The summed E-state index contributed by atoms with van der Waals surface area (Å²) >= 11 is 0. The van der Waals surface area contributed by atoms with E-state index in [1.54, 1.807) is 0 Å². The van der Waals surface area contributed by atoms with E-state index in [9.17, 15) is 19.2 Å². The second kappa shape index (κ2) is 7.72. The van der Waals surface area contributed by atoms with Crippen molar-refractivity contribution in [1.82, 2.24) is 25.2 Å². The minimum atomic E-state index is -1.13. The molecule has 0 spiro atoms. The summed E-state index contributed by atoms with van der Waals surface area (Å²) < 4.78 is 22.5. The summed E-state index contributed by atoms with van der Waals surface area (Å²) in [5.41, 5.74) is -0.368. The molecular formula is C15H17N5O8. The van der Waals surface area contributed by atoms with Gasteiger partial charge in [-0.25, -0.2) is 9.78 Å². The number of rotatable bonds is 5. The zero-order chi connectivity index (χ0) is 20.4. The number of nitrogens with one attached hydrogen (secondary N) is 1. The maximum atomic E-state index is 11.8. The maximum absolute atomic E-state index is 11.8. The van der Waals surface area contributed by atoms with Gasteiger partial charge in [0.25, 0.3) is 5.56 Å². The zero-order valence-electron chi connectivity index (χ0n) is 15.1. The van der Waals surface area contributed by atoms with Gasteiger partial charge in [0.05, 0.1) is 6.20 Å². The molecule has 0 aromatic carbocycles. The van der Waals surface area contributed by atoms with E-state index in [2.05, 4.69) is 20.5 Å². The lowest BCUT2D eigenvalue weighted by molar-refractivity contribution is -0.166. The van der Waals surface area contributed by atoms with Crippen LogP contribution in [0.3, 0.4) is 0 Å². The maximum Gasteiger partial charge on any atom is 0.303 e. The van der Waals surface area contributed by atoms with Crippen molar-refractivity contribution in [2.45, 2.75) is 45.3 Å². The Balaban J connectivity index is 2.02. The Kier molecular flexibility index (Phi) is 5.35. The quantitative estimate of drug-likeness (QED) is 0.479. The Labute approximate surface area is 156 Å². The molecule has 4 atom stereocenters. The summed E-state index contributed by atoms with van der Waals surface area (Å²) in [4.78, 5) is 46.2. The summed E-state index contributed by atoms with van der Waals surface area (Å²) in [6.07, 6.45) is -2.98. The number of H-pyrrole nitrogens is 1. The van der Waals surface area contributed by atoms with Crippen molar-refractivity contribution in [3.8, 4) is 0 Å². The van der Waals surface area contributed by atoms with Gasteiger partial charge >= 0.3 is 17.9 Å². The van der Waals surface area contributed by atoms with Gasteiger partial charge in [0.2, 0.25) is 0 Å². The number of nitrogens with zero attached hydrogens (tertiary/aromatic N) is 4. The molecule has 150 valence electrons. The van der Waals surface area contributed by atoms with Crippen LogP contribution in [0.1, 0.15) is 27.0 Å². The number of hydrogen-bond donors (Lipinski definition) is 1. The fourth-order valence-corrected chi connectivity index (χ4v) is 2.87. The molecule has 1 N–H and O–H groups in total. The Morgan fingerprint density at radius 3 is 2.46 bits per heavy atom. The van der Waals surface area contributed by atoms with Crippen molar-refractivity contribution in [3.63, 3.8) is 0 Å². The normalized spacial score (nSPS) is 24.1. The molecular weight excluding hydrogens is 378 g/mol. The van der Waals surface area contributed by atoms with Crippen molar-refractivity contribution < 1.29 is 33.3 Å². The van der Waals surface area contributed by atoms with Crippen molar-refractivity contribution in [1.29, 1.82) is 0 Å². The Hall–Kier alpha value is -3.35. The first-order chi connectivity index (χ1) is 13.3. The fraction of sp³-hybridized carbons (Fsp3) is 0.533. The van der Waals surface area contributed by atoms with E-state index >= 15 is 0 Å². The molecule has 0 aliphatic carbocycles. The first kappa shape index (κ1) is 19.4. The topological polar surface area (TPSA) is 165 Å². The van der Waals surface area contributed by atoms with Crippen LogP contribution in [0.5, 0.6) is 0 Å². The third-order valence-electron chi connectivity index (χ3n) is 3.88. The minimum Gasteiger partial charge on any atom is -0.463 e. The SMILES string of the molecule is CC(=O)OCC1OC(n2nnc3c(=O)[nH]ncc32)C(OC(C)=O)C1OC(C)=O. The number of aromatic amines is 1. The van der Waals surface area contributed by atoms with Crippen LogP contribution in [0.25, 0.3) is 11.0 Å². The summed E-state index contributed by atoms with van der Waals surface area (Å²) in [7, 11) is 0. The molecule has 1 fully saturated rings. The van der Waals surface area contributed by atoms with Crippen LogP contribution in [0.15, 0.2) is 11.0 Å². The Bertz CT molecular complexity index is 969. The molecule has 3 rings (SSSR count). The number of fused-ring (bicyclic) bond motifs is 1. The van der Waals surface area contributed by atoms with Crippen LogP contribution < -0.4 is 5.56 Å². The number of ether oxygens (including phenoxy) is 4. The van der Waals surface area contributed by atoms with Crippen molar-refractivity contribution in [3.05, 3.63) is 16.6 Å². The monoisotopic (exact) mass is 395 g/mol. The van der Waals surface area contributed by atoms with Gasteiger partial charge in [-0.1, -0.05) is 5.21 Å². The van der Waals surface area contributed by atoms with Gasteiger partial charge in [-0.3, -0.25) is 19.2 Å². The molecule has 0 bridgehead atoms. The lowest BCUT2D eigenvalue weighted by atomic mass is 10.1. The van der Waals surface area contributed by atoms with Crippen LogP contribution in [0.4, 0.5) is 0 Å². The second-order valence-corrected chi connectivity index (χ2v) is 5.98. The van der Waals surface area contributed by atoms with Crippen molar-refractivity contribution >= 4 is 28.9 Å². The third-order valence-corrected chi connectivity index (χ3v) is 3.88. The summed E-state index contributed by atoms with van der Waals surface area (Å²) in [5.74, 6) is -1.88. The van der Waals surface area contributed by atoms with Crippen molar-refractivity contribution in [2.75, 3.05) is 6.61 Å². The van der Waals surface area contributed by atoms with E-state index < -0.39 is 48.0 Å². The van der Waals surface area contributed by atoms with E-state index in [-0.39, 0.29) is 17.6 Å². The minimum absolute atomic E-state index is 0.00681. The fourth-order valence-electron chi connectivity index (χ4n) is 2.87. The molecule has 13 heteroatoms. The van der Waals surface area contributed by atoms with Crippen LogP contribution >= 0.6 is 0 Å². The summed E-state index contributed by atoms with van der Waals surface area (Å²) in [6.45, 7) is 3.30. The predicted molar refractivity (Wildman–Crippen MR) is 87.6 cm³/mol. The van der Waals surface area contributed by atoms with Gasteiger partial charge < -0.3 is 18.9 Å². The number of carbonyl (C=O) groups is 3. The molecule has 1 aliphatic rings. The van der Waals surface area contributed by atoms with Gasteiger partial charge in [-0.15, -0.1) is 5.10 Å². The smallest absolute Gasteiger partial charge is 0.303 e. The average molecular weight is 395 g/mol. The Morgan fingerprint density at radius 2 is 1.82 bits per heavy atom. The molecule has 13 nitrogen and oxygen atoms in total. The summed E-state index contributed by atoms with van der Waals surface area (Å²) in [6, 6.07) is 0. The molecule has 1 aliphatic heterocycles. The summed E-state index contributed by atoms with van der Waals surface area (Å²) in [5, 5.41) is 13.6. The molecule has 2 aromatic heterocycles. The van der Waals surface area contributed by atoms with E-state index in [0.29, 0.717) is 0 Å². The predicted octanol–water partition coefficient (Wildman–Crippen LogP) is -1.16. The van der Waals surface area contributed by atoms with Gasteiger partial charge in [0, 0.05) is 20.8 Å². The largest absolute Gasteiger partial charge is 0.463 e. The van der Waals surface area contributed by atoms with Crippen LogP contribution in [-0.2, 0) is 33.3 Å². The number of esters is 3. The first-order valence-electron chi connectivity index (χ1n) is 8.19. The number of aromatic nitrogens is 5. The molecule has 2 aromatic rings. The van der Waals surface area contributed by atoms with Gasteiger partial charge in [-0.2, -0.15) is 5.10 Å². The van der Waals surface area contributed by atoms with E-state index in [1.807, 2.05) is 0 Å². The highest BCUT2D eigenvalue weighted by Crippen LogP contribution is 2.35. The molecule has 0 amide bonds. The van der Waals surface area contributed by atoms with Crippen LogP contribution in [0.2, 0.25) is 0 Å². The standard InChI is InChI=1S/C15H17N5O8/c1-6(21)25-5-10-12(26-7(2)22)13(27-8(3)23)15(28-10)20-9-4-16-18-14(24)11(9)17-19-20/h4,10,12-13,15H,5H2,1-3H3,(H,18,24). The number of hydrogen-bond acceptors (Lipinski definition) is 11. The molecule has 4 unspecified atom stereocenters. The zero-order valence-corrected chi connectivity index (χ0v) is 15.1. The Morgan fingerprint density at radius 1 is 1.14 bits per heavy atom. The van der Waals surface area contributed by atoms with Gasteiger partial charge in [-0.05, 0) is 0 Å². The van der Waals surface area contributed by atoms with Gasteiger partial charge in [0.1, 0.15) is 18.2 Å². The molecule has 28 heavy (non-hydrogen) atoms. The lowest BCUT2D eigenvalue weighted by Crippen LogP contribution is -2.40. The first-order valence-corrected chi connectivity index (χ1v) is 8.19. The van der Waals surface area contributed by atoms with E-state index in [4.69, 9.17) is 18.9 Å². The average Bonchev–Trinajstić information content (AvgIpc) is 3.16. The molecule has 3 heterocycles. The third kappa shape index (κ3) is 3.83. The van der Waals surface area contributed by atoms with E-state index in [1.165, 1.54) is 31.6 Å². The van der Waals surface area contributed by atoms with Gasteiger partial charge in [0.15, 0.2) is 24.0 Å². The number of carbonyl (C=O) groups excluding carboxylic acids is 3. The molecule has 1 saturated heterocycles. The van der Waals surface area contributed by atoms with E-state index in [0.717, 1.165) is 0 Å². The second-order valence-electron chi connectivity index (χ2n) is 5.98. The van der Waals surface area contributed by atoms with Crippen LogP contribution in [0, 0.1) is 0 Å². The van der Waals surface area contributed by atoms with Crippen molar-refractivity contribution in [2.24, 2.45) is 0 Å².